The monoisotopic (exact) mass is 396 g/mol. The van der Waals surface area contributed by atoms with Crippen LogP contribution >= 0.6 is 0 Å². The molecule has 0 aliphatic carbocycles. The number of anilines is 2. The molecule has 0 fully saturated rings. The van der Waals surface area contributed by atoms with E-state index in [1.54, 1.807) is 24.3 Å². The molecular weight excluding hydrogens is 364 g/mol. The van der Waals surface area contributed by atoms with Crippen molar-refractivity contribution in [3.8, 4) is 5.75 Å². The van der Waals surface area contributed by atoms with Crippen molar-refractivity contribution in [1.82, 2.24) is 0 Å². The molecule has 0 saturated carbocycles. The zero-order chi connectivity index (χ0) is 21.4. The van der Waals surface area contributed by atoms with Gasteiger partial charge in [-0.1, -0.05) is 46.8 Å². The van der Waals surface area contributed by atoms with Crippen molar-refractivity contribution in [3.05, 3.63) is 54.1 Å². The molecule has 0 aromatic heterocycles. The molecule has 2 N–H and O–H groups in total. The van der Waals surface area contributed by atoms with Gasteiger partial charge in [-0.15, -0.1) is 0 Å². The van der Waals surface area contributed by atoms with E-state index >= 15 is 0 Å². The van der Waals surface area contributed by atoms with E-state index in [0.29, 0.717) is 29.5 Å². The van der Waals surface area contributed by atoms with Crippen LogP contribution in [0.5, 0.6) is 5.75 Å². The molecule has 0 atom stereocenters. The maximum atomic E-state index is 12.1. The lowest BCUT2D eigenvalue weighted by atomic mass is 9.82. The van der Waals surface area contributed by atoms with Crippen molar-refractivity contribution >= 4 is 23.2 Å². The molecule has 0 radical (unpaired) electrons. The fourth-order valence-electron chi connectivity index (χ4n) is 2.77. The SMILES string of the molecule is CCC(C)(C)c1ccc(OCC(=O)Nc2ccc(NC(=O)CC(C)C)cc2)cc1. The molecule has 0 bridgehead atoms. The van der Waals surface area contributed by atoms with E-state index in [1.807, 2.05) is 38.1 Å². The van der Waals surface area contributed by atoms with Crippen molar-refractivity contribution in [2.45, 2.75) is 52.9 Å². The Hall–Kier alpha value is -2.82. The zero-order valence-corrected chi connectivity index (χ0v) is 18.0. The molecule has 0 aliphatic rings. The molecular formula is C24H32N2O3. The number of carbonyl (C=O) groups excluding carboxylic acids is 2. The summed E-state index contributed by atoms with van der Waals surface area (Å²) < 4.78 is 5.59. The van der Waals surface area contributed by atoms with Crippen molar-refractivity contribution in [1.29, 1.82) is 0 Å². The van der Waals surface area contributed by atoms with Crippen LogP contribution in [0.15, 0.2) is 48.5 Å². The van der Waals surface area contributed by atoms with Gasteiger partial charge in [0.2, 0.25) is 5.91 Å². The maximum Gasteiger partial charge on any atom is 0.262 e. The first-order valence-corrected chi connectivity index (χ1v) is 10.1. The second-order valence-electron chi connectivity index (χ2n) is 8.32. The van der Waals surface area contributed by atoms with Gasteiger partial charge in [-0.3, -0.25) is 9.59 Å². The van der Waals surface area contributed by atoms with E-state index in [-0.39, 0.29) is 23.8 Å². The highest BCUT2D eigenvalue weighted by molar-refractivity contribution is 5.93. The van der Waals surface area contributed by atoms with Crippen LogP contribution in [0, 0.1) is 5.92 Å². The van der Waals surface area contributed by atoms with Gasteiger partial charge in [0.15, 0.2) is 6.61 Å². The van der Waals surface area contributed by atoms with Gasteiger partial charge in [-0.25, -0.2) is 0 Å². The molecule has 0 saturated heterocycles. The Morgan fingerprint density at radius 3 is 1.90 bits per heavy atom. The van der Waals surface area contributed by atoms with Crippen LogP contribution in [0.25, 0.3) is 0 Å². The Balaban J connectivity index is 1.82. The van der Waals surface area contributed by atoms with Crippen LogP contribution in [-0.4, -0.2) is 18.4 Å². The van der Waals surface area contributed by atoms with Gasteiger partial charge in [0, 0.05) is 17.8 Å². The summed E-state index contributed by atoms with van der Waals surface area (Å²) in [7, 11) is 0. The van der Waals surface area contributed by atoms with Gasteiger partial charge in [0.05, 0.1) is 0 Å². The molecule has 2 aromatic carbocycles. The molecule has 2 aromatic rings. The second-order valence-corrected chi connectivity index (χ2v) is 8.32. The molecule has 5 nitrogen and oxygen atoms in total. The molecule has 0 aliphatic heterocycles. The average molecular weight is 397 g/mol. The molecule has 5 heteroatoms. The topological polar surface area (TPSA) is 67.4 Å². The number of rotatable bonds is 9. The number of amides is 2. The van der Waals surface area contributed by atoms with Gasteiger partial charge < -0.3 is 15.4 Å². The summed E-state index contributed by atoms with van der Waals surface area (Å²) in [6.07, 6.45) is 1.53. The third-order valence-corrected chi connectivity index (χ3v) is 4.94. The minimum absolute atomic E-state index is 0.0153. The van der Waals surface area contributed by atoms with Gasteiger partial charge in [0.25, 0.3) is 5.91 Å². The minimum Gasteiger partial charge on any atom is -0.484 e. The first-order chi connectivity index (χ1) is 13.7. The second kappa shape index (κ2) is 10.1. The Labute approximate surface area is 173 Å². The van der Waals surface area contributed by atoms with Crippen molar-refractivity contribution in [3.63, 3.8) is 0 Å². The van der Waals surface area contributed by atoms with Gasteiger partial charge in [-0.2, -0.15) is 0 Å². The Morgan fingerprint density at radius 1 is 0.897 bits per heavy atom. The van der Waals surface area contributed by atoms with Gasteiger partial charge in [-0.05, 0) is 59.7 Å². The van der Waals surface area contributed by atoms with Crippen molar-refractivity contribution < 1.29 is 14.3 Å². The lowest BCUT2D eigenvalue weighted by molar-refractivity contribution is -0.118. The van der Waals surface area contributed by atoms with Crippen LogP contribution < -0.4 is 15.4 Å². The molecule has 0 heterocycles. The van der Waals surface area contributed by atoms with Crippen LogP contribution in [0.2, 0.25) is 0 Å². The normalized spacial score (nSPS) is 11.2. The van der Waals surface area contributed by atoms with Crippen LogP contribution in [0.1, 0.15) is 53.0 Å². The highest BCUT2D eigenvalue weighted by atomic mass is 16.5. The van der Waals surface area contributed by atoms with E-state index in [4.69, 9.17) is 4.74 Å². The average Bonchev–Trinajstić information content (AvgIpc) is 2.67. The Morgan fingerprint density at radius 2 is 1.41 bits per heavy atom. The number of benzene rings is 2. The summed E-state index contributed by atoms with van der Waals surface area (Å²) in [6, 6.07) is 14.9. The highest BCUT2D eigenvalue weighted by Crippen LogP contribution is 2.28. The van der Waals surface area contributed by atoms with Crippen molar-refractivity contribution in [2.24, 2.45) is 5.92 Å². The predicted molar refractivity (Wildman–Crippen MR) is 118 cm³/mol. The number of hydrogen-bond acceptors (Lipinski definition) is 3. The van der Waals surface area contributed by atoms with Crippen molar-refractivity contribution in [2.75, 3.05) is 17.2 Å². The van der Waals surface area contributed by atoms with Crippen LogP contribution in [-0.2, 0) is 15.0 Å². The Kier molecular flexibility index (Phi) is 7.82. The van der Waals surface area contributed by atoms with E-state index in [0.717, 1.165) is 6.42 Å². The molecule has 0 spiro atoms. The smallest absolute Gasteiger partial charge is 0.262 e. The third kappa shape index (κ3) is 7.26. The largest absolute Gasteiger partial charge is 0.484 e. The fraction of sp³-hybridized carbons (Fsp3) is 0.417. The molecule has 2 amide bonds. The molecule has 0 unspecified atom stereocenters. The molecule has 156 valence electrons. The highest BCUT2D eigenvalue weighted by Gasteiger charge is 2.17. The third-order valence-electron chi connectivity index (χ3n) is 4.94. The summed E-state index contributed by atoms with van der Waals surface area (Å²) in [4.78, 5) is 23.9. The van der Waals surface area contributed by atoms with Crippen LogP contribution in [0.3, 0.4) is 0 Å². The summed E-state index contributed by atoms with van der Waals surface area (Å²) in [5.74, 6) is 0.722. The van der Waals surface area contributed by atoms with E-state index in [2.05, 4.69) is 31.4 Å². The minimum atomic E-state index is -0.237. The Bertz CT molecular complexity index is 809. The summed E-state index contributed by atoms with van der Waals surface area (Å²) in [5, 5.41) is 5.64. The predicted octanol–water partition coefficient (Wildman–Crippen LogP) is 5.38. The summed E-state index contributed by atoms with van der Waals surface area (Å²) in [6.45, 7) is 10.5. The van der Waals surface area contributed by atoms with Crippen LogP contribution in [0.4, 0.5) is 11.4 Å². The molecule has 29 heavy (non-hydrogen) atoms. The lowest BCUT2D eigenvalue weighted by Gasteiger charge is -2.23. The zero-order valence-electron chi connectivity index (χ0n) is 18.0. The standard InChI is InChI=1S/C24H32N2O3/c1-6-24(4,5)18-7-13-21(14-8-18)29-16-23(28)26-20-11-9-19(10-12-20)25-22(27)15-17(2)3/h7-14,17H,6,15-16H2,1-5H3,(H,25,27)(H,26,28). The number of ether oxygens (including phenoxy) is 1. The van der Waals surface area contributed by atoms with E-state index in [1.165, 1.54) is 5.56 Å². The van der Waals surface area contributed by atoms with E-state index < -0.39 is 0 Å². The first-order valence-electron chi connectivity index (χ1n) is 10.1. The molecule has 2 rings (SSSR count). The van der Waals surface area contributed by atoms with E-state index in [9.17, 15) is 9.59 Å². The number of carbonyl (C=O) groups is 2. The summed E-state index contributed by atoms with van der Waals surface area (Å²) in [5.41, 5.74) is 2.73. The van der Waals surface area contributed by atoms with Gasteiger partial charge >= 0.3 is 0 Å². The van der Waals surface area contributed by atoms with Gasteiger partial charge in [0.1, 0.15) is 5.75 Å². The summed E-state index contributed by atoms with van der Waals surface area (Å²) >= 11 is 0. The fourth-order valence-corrected chi connectivity index (χ4v) is 2.77. The quantitative estimate of drug-likeness (QED) is 0.598. The number of nitrogens with one attached hydrogen (secondary N) is 2. The maximum absolute atomic E-state index is 12.1. The number of hydrogen-bond donors (Lipinski definition) is 2. The lowest BCUT2D eigenvalue weighted by Crippen LogP contribution is -2.20. The first kappa shape index (κ1) is 22.5.